The standard InChI is InChI=1S/C14H18N4O2S.ClH/c15-13-6-7-18(10-13)21(19,20)14-8-16-17(11-14)9-12-4-2-1-3-5-12;/h1-5,8,11,13H,6-7,9-10,15H2;1H/t13-;/m1./s1. The van der Waals surface area contributed by atoms with E-state index in [0.29, 0.717) is 26.1 Å². The second-order valence-corrected chi connectivity index (χ2v) is 7.21. The van der Waals surface area contributed by atoms with E-state index in [0.717, 1.165) is 5.56 Å². The van der Waals surface area contributed by atoms with Crippen LogP contribution >= 0.6 is 12.4 Å². The van der Waals surface area contributed by atoms with E-state index in [1.54, 1.807) is 10.9 Å². The van der Waals surface area contributed by atoms with Crippen molar-refractivity contribution >= 4 is 22.4 Å². The third-order valence-corrected chi connectivity index (χ3v) is 5.44. The Morgan fingerprint density at radius 2 is 2.00 bits per heavy atom. The number of hydrogen-bond acceptors (Lipinski definition) is 4. The molecule has 3 rings (SSSR count). The van der Waals surface area contributed by atoms with E-state index in [2.05, 4.69) is 5.10 Å². The molecule has 2 N–H and O–H groups in total. The zero-order valence-corrected chi connectivity index (χ0v) is 13.6. The zero-order chi connectivity index (χ0) is 14.9. The normalized spacial score (nSPS) is 19.0. The number of rotatable bonds is 4. The van der Waals surface area contributed by atoms with Crippen LogP contribution in [0.15, 0.2) is 47.6 Å². The Balaban J connectivity index is 0.00000176. The molecule has 0 saturated carbocycles. The summed E-state index contributed by atoms with van der Waals surface area (Å²) in [4.78, 5) is 0.229. The second-order valence-electron chi connectivity index (χ2n) is 5.27. The maximum Gasteiger partial charge on any atom is 0.246 e. The van der Waals surface area contributed by atoms with Crippen molar-refractivity contribution in [1.29, 1.82) is 0 Å². The number of halogens is 1. The predicted molar refractivity (Wildman–Crippen MR) is 86.4 cm³/mol. The maximum absolute atomic E-state index is 12.5. The van der Waals surface area contributed by atoms with Gasteiger partial charge in [0.1, 0.15) is 4.90 Å². The van der Waals surface area contributed by atoms with Crippen LogP contribution in [-0.2, 0) is 16.6 Å². The summed E-state index contributed by atoms with van der Waals surface area (Å²) in [7, 11) is -3.47. The highest BCUT2D eigenvalue weighted by Gasteiger charge is 2.31. The van der Waals surface area contributed by atoms with Gasteiger partial charge in [0.25, 0.3) is 0 Å². The molecule has 1 aromatic heterocycles. The van der Waals surface area contributed by atoms with Gasteiger partial charge < -0.3 is 5.73 Å². The highest BCUT2D eigenvalue weighted by atomic mass is 35.5. The molecule has 0 spiro atoms. The Morgan fingerprint density at radius 3 is 2.64 bits per heavy atom. The first kappa shape index (κ1) is 17.0. The van der Waals surface area contributed by atoms with E-state index in [-0.39, 0.29) is 23.3 Å². The van der Waals surface area contributed by atoms with Gasteiger partial charge in [0.2, 0.25) is 10.0 Å². The molecule has 1 aliphatic heterocycles. The largest absolute Gasteiger partial charge is 0.326 e. The Morgan fingerprint density at radius 1 is 1.27 bits per heavy atom. The Bertz CT molecular complexity index is 717. The van der Waals surface area contributed by atoms with Crippen LogP contribution in [0.25, 0.3) is 0 Å². The van der Waals surface area contributed by atoms with Gasteiger partial charge in [-0.2, -0.15) is 9.40 Å². The summed E-state index contributed by atoms with van der Waals surface area (Å²) in [6, 6.07) is 9.73. The van der Waals surface area contributed by atoms with E-state index in [9.17, 15) is 8.42 Å². The summed E-state index contributed by atoms with van der Waals surface area (Å²) in [5, 5.41) is 4.15. The van der Waals surface area contributed by atoms with Crippen molar-refractivity contribution in [2.24, 2.45) is 5.73 Å². The molecule has 22 heavy (non-hydrogen) atoms. The molecular formula is C14H19ClN4O2S. The lowest BCUT2D eigenvalue weighted by Gasteiger charge is -2.14. The first-order chi connectivity index (χ1) is 10.1. The Labute approximate surface area is 136 Å². The van der Waals surface area contributed by atoms with Crippen LogP contribution in [0.2, 0.25) is 0 Å². The summed E-state index contributed by atoms with van der Waals surface area (Å²) < 4.78 is 28.0. The molecule has 0 unspecified atom stereocenters. The van der Waals surface area contributed by atoms with Crippen LogP contribution in [0, 0.1) is 0 Å². The first-order valence-electron chi connectivity index (χ1n) is 6.88. The third-order valence-electron chi connectivity index (χ3n) is 3.62. The van der Waals surface area contributed by atoms with Gasteiger partial charge in [-0.25, -0.2) is 8.42 Å². The fourth-order valence-electron chi connectivity index (χ4n) is 2.46. The van der Waals surface area contributed by atoms with Gasteiger partial charge in [0.05, 0.1) is 12.7 Å². The van der Waals surface area contributed by atoms with E-state index in [1.807, 2.05) is 30.3 Å². The number of nitrogens with two attached hydrogens (primary N) is 1. The molecule has 0 bridgehead atoms. The number of hydrogen-bond donors (Lipinski definition) is 1. The van der Waals surface area contributed by atoms with Gasteiger partial charge >= 0.3 is 0 Å². The molecule has 1 aliphatic rings. The van der Waals surface area contributed by atoms with Gasteiger partial charge in [-0.05, 0) is 12.0 Å². The molecule has 0 aliphatic carbocycles. The molecule has 120 valence electrons. The Kier molecular flexibility index (Phi) is 5.23. The molecule has 2 heterocycles. The topological polar surface area (TPSA) is 81.2 Å². The van der Waals surface area contributed by atoms with Crippen molar-refractivity contribution in [2.75, 3.05) is 13.1 Å². The second kappa shape index (κ2) is 6.78. The van der Waals surface area contributed by atoms with Crippen molar-refractivity contribution in [3.8, 4) is 0 Å². The highest BCUT2D eigenvalue weighted by molar-refractivity contribution is 7.89. The average molecular weight is 343 g/mol. The van der Waals surface area contributed by atoms with Gasteiger partial charge in [-0.3, -0.25) is 4.68 Å². The van der Waals surface area contributed by atoms with Crippen molar-refractivity contribution in [3.05, 3.63) is 48.3 Å². The number of sulfonamides is 1. The van der Waals surface area contributed by atoms with Crippen molar-refractivity contribution in [2.45, 2.75) is 23.9 Å². The van der Waals surface area contributed by atoms with Crippen LogP contribution in [0.4, 0.5) is 0 Å². The predicted octanol–water partition coefficient (Wildman–Crippen LogP) is 1.07. The van der Waals surface area contributed by atoms with Gasteiger partial charge in [0.15, 0.2) is 0 Å². The van der Waals surface area contributed by atoms with Crippen LogP contribution in [-0.4, -0.2) is 41.6 Å². The van der Waals surface area contributed by atoms with Gasteiger partial charge in [0, 0.05) is 25.3 Å². The number of benzene rings is 1. The molecule has 1 atom stereocenters. The highest BCUT2D eigenvalue weighted by Crippen LogP contribution is 2.20. The van der Waals surface area contributed by atoms with Crippen LogP contribution in [0.5, 0.6) is 0 Å². The van der Waals surface area contributed by atoms with Crippen molar-refractivity contribution in [1.82, 2.24) is 14.1 Å². The van der Waals surface area contributed by atoms with E-state index < -0.39 is 10.0 Å². The van der Waals surface area contributed by atoms with E-state index in [1.165, 1.54) is 10.5 Å². The summed E-state index contributed by atoms with van der Waals surface area (Å²) >= 11 is 0. The molecular weight excluding hydrogens is 324 g/mol. The van der Waals surface area contributed by atoms with Crippen molar-refractivity contribution in [3.63, 3.8) is 0 Å². The molecule has 1 saturated heterocycles. The van der Waals surface area contributed by atoms with E-state index >= 15 is 0 Å². The molecule has 6 nitrogen and oxygen atoms in total. The quantitative estimate of drug-likeness (QED) is 0.901. The lowest BCUT2D eigenvalue weighted by atomic mass is 10.2. The van der Waals surface area contributed by atoms with Crippen LogP contribution in [0.3, 0.4) is 0 Å². The van der Waals surface area contributed by atoms with Gasteiger partial charge in [-0.15, -0.1) is 12.4 Å². The SMILES string of the molecule is Cl.N[C@@H]1CCN(S(=O)(=O)c2cnn(Cc3ccccc3)c2)C1. The number of nitrogens with zero attached hydrogens (tertiary/aromatic N) is 3. The van der Waals surface area contributed by atoms with Gasteiger partial charge in [-0.1, -0.05) is 30.3 Å². The van der Waals surface area contributed by atoms with Crippen LogP contribution < -0.4 is 5.73 Å². The first-order valence-corrected chi connectivity index (χ1v) is 8.32. The summed E-state index contributed by atoms with van der Waals surface area (Å²) in [5.41, 5.74) is 6.86. The fourth-order valence-corrected chi connectivity index (χ4v) is 3.92. The average Bonchev–Trinajstić information content (AvgIpc) is 3.10. The lowest BCUT2D eigenvalue weighted by Crippen LogP contribution is -2.31. The molecule has 1 fully saturated rings. The summed E-state index contributed by atoms with van der Waals surface area (Å²) in [6.45, 7) is 1.41. The molecule has 1 aromatic carbocycles. The van der Waals surface area contributed by atoms with E-state index in [4.69, 9.17) is 5.73 Å². The maximum atomic E-state index is 12.5. The monoisotopic (exact) mass is 342 g/mol. The minimum atomic E-state index is -3.47. The summed E-state index contributed by atoms with van der Waals surface area (Å²) in [5.74, 6) is 0. The van der Waals surface area contributed by atoms with Crippen LogP contribution in [0.1, 0.15) is 12.0 Å². The summed E-state index contributed by atoms with van der Waals surface area (Å²) in [6.07, 6.45) is 3.69. The molecule has 8 heteroatoms. The Hall–Kier alpha value is -1.41. The smallest absolute Gasteiger partial charge is 0.246 e. The molecule has 0 radical (unpaired) electrons. The third kappa shape index (κ3) is 3.49. The number of aromatic nitrogens is 2. The lowest BCUT2D eigenvalue weighted by molar-refractivity contribution is 0.472. The minimum Gasteiger partial charge on any atom is -0.326 e. The minimum absolute atomic E-state index is 0. The molecule has 2 aromatic rings. The van der Waals surface area contributed by atoms with Crippen molar-refractivity contribution < 1.29 is 8.42 Å². The fraction of sp³-hybridized carbons (Fsp3) is 0.357. The molecule has 0 amide bonds. The zero-order valence-electron chi connectivity index (χ0n) is 12.0.